The monoisotopic (exact) mass is 484 g/mol. The van der Waals surface area contributed by atoms with Gasteiger partial charge in [-0.05, 0) is 53.9 Å². The summed E-state index contributed by atoms with van der Waals surface area (Å²) in [6.07, 6.45) is 7.26. The number of aromatic amines is 1. The molecule has 0 saturated carbocycles. The van der Waals surface area contributed by atoms with Gasteiger partial charge in [-0.25, -0.2) is 13.4 Å². The Kier molecular flexibility index (Phi) is 6.31. The molecule has 1 N–H and O–H groups in total. The van der Waals surface area contributed by atoms with Crippen molar-refractivity contribution >= 4 is 15.7 Å². The second kappa shape index (κ2) is 9.70. The summed E-state index contributed by atoms with van der Waals surface area (Å²) in [5.74, 6) is 0. The van der Waals surface area contributed by atoms with Crippen LogP contribution in [0.5, 0.6) is 0 Å². The molecule has 0 bridgehead atoms. The van der Waals surface area contributed by atoms with Crippen LogP contribution in [0.2, 0.25) is 0 Å². The number of nitriles is 1. The van der Waals surface area contributed by atoms with Gasteiger partial charge in [-0.1, -0.05) is 24.3 Å². The molecule has 1 unspecified atom stereocenters. The molecule has 1 atom stereocenters. The first kappa shape index (κ1) is 22.8. The smallest absolute Gasteiger partial charge is 0.243 e. The van der Waals surface area contributed by atoms with E-state index in [1.54, 1.807) is 65.6 Å². The minimum atomic E-state index is -3.81. The summed E-state index contributed by atoms with van der Waals surface area (Å²) >= 11 is 0. The van der Waals surface area contributed by atoms with E-state index < -0.39 is 10.0 Å². The zero-order chi connectivity index (χ0) is 24.3. The number of hydrogen-bond acceptors (Lipinski definition) is 6. The highest BCUT2D eigenvalue weighted by Crippen LogP contribution is 2.33. The van der Waals surface area contributed by atoms with Crippen molar-refractivity contribution < 1.29 is 8.42 Å². The van der Waals surface area contributed by atoms with Gasteiger partial charge in [0, 0.05) is 43.4 Å². The Bertz CT molecular complexity index is 1430. The highest BCUT2D eigenvalue weighted by atomic mass is 32.2. The highest BCUT2D eigenvalue weighted by molar-refractivity contribution is 7.89. The van der Waals surface area contributed by atoms with Crippen molar-refractivity contribution in [2.24, 2.45) is 0 Å². The zero-order valence-corrected chi connectivity index (χ0v) is 19.8. The van der Waals surface area contributed by atoms with Crippen LogP contribution in [0.15, 0.2) is 90.5 Å². The maximum atomic E-state index is 13.9. The van der Waals surface area contributed by atoms with Gasteiger partial charge in [-0.3, -0.25) is 4.98 Å². The molecule has 0 fully saturated rings. The Morgan fingerprint density at radius 3 is 2.66 bits per heavy atom. The third-order valence-corrected chi connectivity index (χ3v) is 8.08. The van der Waals surface area contributed by atoms with Crippen molar-refractivity contribution in [2.45, 2.75) is 30.4 Å². The molecule has 0 aliphatic carbocycles. The van der Waals surface area contributed by atoms with Crippen LogP contribution in [-0.2, 0) is 29.5 Å². The molecule has 8 nitrogen and oxygen atoms in total. The van der Waals surface area contributed by atoms with E-state index in [9.17, 15) is 13.7 Å². The molecule has 4 aromatic rings. The third kappa shape index (κ3) is 4.80. The molecule has 0 saturated heterocycles. The number of H-pyrrole nitrogens is 1. The molecule has 35 heavy (non-hydrogen) atoms. The van der Waals surface area contributed by atoms with Crippen LogP contribution in [0.4, 0.5) is 5.69 Å². The molecule has 9 heteroatoms. The molecule has 176 valence electrons. The van der Waals surface area contributed by atoms with Crippen LogP contribution in [0.1, 0.15) is 22.4 Å². The fraction of sp³-hybridized carbons (Fsp3) is 0.192. The quantitative estimate of drug-likeness (QED) is 0.430. The molecule has 3 heterocycles. The fourth-order valence-corrected chi connectivity index (χ4v) is 6.15. The third-order valence-electron chi connectivity index (χ3n) is 6.17. The van der Waals surface area contributed by atoms with E-state index >= 15 is 0 Å². The van der Waals surface area contributed by atoms with E-state index in [4.69, 9.17) is 0 Å². The summed E-state index contributed by atoms with van der Waals surface area (Å²) in [6.45, 7) is 1.23. The topological polar surface area (TPSA) is 106 Å². The van der Waals surface area contributed by atoms with E-state index in [1.807, 2.05) is 24.3 Å². The molecule has 2 aromatic carbocycles. The second-order valence-electron chi connectivity index (χ2n) is 8.50. The maximum Gasteiger partial charge on any atom is 0.243 e. The van der Waals surface area contributed by atoms with Crippen molar-refractivity contribution in [3.8, 4) is 6.07 Å². The van der Waals surface area contributed by atoms with E-state index in [2.05, 4.69) is 25.9 Å². The SMILES string of the molecule is N#Cc1ccc2c(c1)CC(N(Cc1cccnc1)S(=O)(=O)c1ccccc1)CN2Cc1cnc[nH]1. The van der Waals surface area contributed by atoms with Gasteiger partial charge in [0.05, 0.1) is 35.1 Å². The summed E-state index contributed by atoms with van der Waals surface area (Å²) in [6, 6.07) is 19.6. The van der Waals surface area contributed by atoms with Gasteiger partial charge in [0.25, 0.3) is 0 Å². The number of aromatic nitrogens is 3. The van der Waals surface area contributed by atoms with Crippen LogP contribution in [-0.4, -0.2) is 40.3 Å². The first-order valence-electron chi connectivity index (χ1n) is 11.3. The predicted octanol–water partition coefficient (Wildman–Crippen LogP) is 3.50. The summed E-state index contributed by atoms with van der Waals surface area (Å²) in [5, 5.41) is 9.47. The average molecular weight is 485 g/mol. The standard InChI is InChI=1S/C26H24N6O2S/c27-13-20-8-9-26-22(11-20)12-24(18-31(26)17-23-15-29-19-30-23)32(16-21-5-4-10-28-14-21)35(33,34)25-6-2-1-3-7-25/h1-11,14-15,19,24H,12,16-18H2,(H,29,30). The van der Waals surface area contributed by atoms with E-state index in [0.29, 0.717) is 25.1 Å². The van der Waals surface area contributed by atoms with Crippen molar-refractivity contribution in [3.05, 3.63) is 108 Å². The lowest BCUT2D eigenvalue weighted by molar-refractivity contribution is 0.302. The van der Waals surface area contributed by atoms with Gasteiger partial charge in [0.15, 0.2) is 0 Å². The largest absolute Gasteiger partial charge is 0.364 e. The number of benzene rings is 2. The lowest BCUT2D eigenvalue weighted by atomic mass is 9.95. The number of rotatable bonds is 7. The van der Waals surface area contributed by atoms with Gasteiger partial charge in [-0.2, -0.15) is 9.57 Å². The van der Waals surface area contributed by atoms with Gasteiger partial charge < -0.3 is 9.88 Å². The number of imidazole rings is 1. The number of fused-ring (bicyclic) bond motifs is 1. The lowest BCUT2D eigenvalue weighted by Crippen LogP contribution is -2.50. The van der Waals surface area contributed by atoms with Gasteiger partial charge in [0.2, 0.25) is 10.0 Å². The first-order valence-corrected chi connectivity index (χ1v) is 12.7. The number of anilines is 1. The van der Waals surface area contributed by atoms with Crippen LogP contribution in [0.25, 0.3) is 0 Å². The normalized spacial score (nSPS) is 15.5. The Morgan fingerprint density at radius 2 is 1.94 bits per heavy atom. The van der Waals surface area contributed by atoms with Crippen LogP contribution < -0.4 is 4.90 Å². The molecule has 0 spiro atoms. The van der Waals surface area contributed by atoms with E-state index in [1.165, 1.54) is 0 Å². The number of hydrogen-bond donors (Lipinski definition) is 1. The van der Waals surface area contributed by atoms with Gasteiger partial charge in [0.1, 0.15) is 0 Å². The number of nitrogens with one attached hydrogen (secondary N) is 1. The Labute approximate surface area is 204 Å². The van der Waals surface area contributed by atoms with Crippen molar-refractivity contribution in [1.82, 2.24) is 19.3 Å². The van der Waals surface area contributed by atoms with Crippen molar-refractivity contribution in [2.75, 3.05) is 11.4 Å². The minimum absolute atomic E-state index is 0.195. The van der Waals surface area contributed by atoms with Crippen LogP contribution in [0.3, 0.4) is 0 Å². The van der Waals surface area contributed by atoms with Crippen molar-refractivity contribution in [1.29, 1.82) is 5.26 Å². The maximum absolute atomic E-state index is 13.9. The molecule has 2 aromatic heterocycles. The summed E-state index contributed by atoms with van der Waals surface area (Å²) < 4.78 is 29.4. The number of nitrogens with zero attached hydrogens (tertiary/aromatic N) is 5. The zero-order valence-electron chi connectivity index (χ0n) is 18.9. The Morgan fingerprint density at radius 1 is 1.09 bits per heavy atom. The molecule has 1 aliphatic rings. The van der Waals surface area contributed by atoms with E-state index in [-0.39, 0.29) is 17.5 Å². The molecule has 0 amide bonds. The molecular weight excluding hydrogens is 460 g/mol. The molecule has 5 rings (SSSR count). The minimum Gasteiger partial charge on any atom is -0.364 e. The van der Waals surface area contributed by atoms with Crippen molar-refractivity contribution in [3.63, 3.8) is 0 Å². The molecule has 0 radical (unpaired) electrons. The summed E-state index contributed by atoms with van der Waals surface area (Å²) in [7, 11) is -3.81. The number of pyridine rings is 1. The van der Waals surface area contributed by atoms with E-state index in [0.717, 1.165) is 22.5 Å². The van der Waals surface area contributed by atoms with Crippen LogP contribution >= 0.6 is 0 Å². The van der Waals surface area contributed by atoms with Crippen LogP contribution in [0, 0.1) is 11.3 Å². The van der Waals surface area contributed by atoms with Gasteiger partial charge in [-0.15, -0.1) is 0 Å². The fourth-order valence-electron chi connectivity index (χ4n) is 4.53. The molecular formula is C26H24N6O2S. The highest BCUT2D eigenvalue weighted by Gasteiger charge is 2.36. The number of sulfonamides is 1. The predicted molar refractivity (Wildman–Crippen MR) is 132 cm³/mol. The lowest BCUT2D eigenvalue weighted by Gasteiger charge is -2.40. The summed E-state index contributed by atoms with van der Waals surface area (Å²) in [5.41, 5.74) is 4.22. The second-order valence-corrected chi connectivity index (χ2v) is 10.4. The molecule has 1 aliphatic heterocycles. The first-order chi connectivity index (χ1) is 17.0. The Balaban J connectivity index is 1.57. The summed E-state index contributed by atoms with van der Waals surface area (Å²) in [4.78, 5) is 13.8. The Hall–Kier alpha value is -4.00. The average Bonchev–Trinajstić information content (AvgIpc) is 3.41. The van der Waals surface area contributed by atoms with Gasteiger partial charge >= 0.3 is 0 Å².